The zero-order chi connectivity index (χ0) is 17.3. The van der Waals surface area contributed by atoms with Crippen LogP contribution in [0.25, 0.3) is 0 Å². The molecule has 0 radical (unpaired) electrons. The van der Waals surface area contributed by atoms with Crippen molar-refractivity contribution >= 4 is 5.91 Å². The van der Waals surface area contributed by atoms with Crippen LogP contribution in [0.2, 0.25) is 0 Å². The maximum absolute atomic E-state index is 12.5. The maximum atomic E-state index is 12.5. The van der Waals surface area contributed by atoms with Gasteiger partial charge in [-0.15, -0.1) is 0 Å². The SMILES string of the molecule is Cc1cc(C(=O)N(C)C[C@@H]2CCCN(C)[C@H]2c2ccnn2C)no1. The summed E-state index contributed by atoms with van der Waals surface area (Å²) in [5.41, 5.74) is 1.57. The second kappa shape index (κ2) is 6.76. The minimum atomic E-state index is -0.0937. The second-order valence-corrected chi connectivity index (χ2v) is 6.72. The smallest absolute Gasteiger partial charge is 0.275 e. The third-order valence-electron chi connectivity index (χ3n) is 4.87. The van der Waals surface area contributed by atoms with E-state index in [2.05, 4.69) is 28.3 Å². The van der Waals surface area contributed by atoms with Gasteiger partial charge in [-0.2, -0.15) is 5.10 Å². The molecule has 7 nitrogen and oxygen atoms in total. The predicted octanol–water partition coefficient (Wildman–Crippen LogP) is 1.87. The summed E-state index contributed by atoms with van der Waals surface area (Å²) in [6, 6.07) is 4.02. The van der Waals surface area contributed by atoms with Gasteiger partial charge in [0.25, 0.3) is 5.91 Å². The fraction of sp³-hybridized carbons (Fsp3) is 0.588. The topological polar surface area (TPSA) is 67.4 Å². The average molecular weight is 331 g/mol. The van der Waals surface area contributed by atoms with Gasteiger partial charge in [-0.1, -0.05) is 5.16 Å². The molecule has 1 aliphatic rings. The fourth-order valence-corrected chi connectivity index (χ4v) is 3.69. The molecule has 7 heteroatoms. The van der Waals surface area contributed by atoms with E-state index in [-0.39, 0.29) is 11.9 Å². The van der Waals surface area contributed by atoms with Crippen molar-refractivity contribution in [2.75, 3.05) is 27.2 Å². The van der Waals surface area contributed by atoms with Gasteiger partial charge in [0.05, 0.1) is 11.7 Å². The summed E-state index contributed by atoms with van der Waals surface area (Å²) in [6.45, 7) is 3.54. The van der Waals surface area contributed by atoms with E-state index >= 15 is 0 Å². The van der Waals surface area contributed by atoms with Crippen LogP contribution < -0.4 is 0 Å². The maximum Gasteiger partial charge on any atom is 0.275 e. The summed E-state index contributed by atoms with van der Waals surface area (Å²) in [6.07, 6.45) is 4.07. The lowest BCUT2D eigenvalue weighted by atomic mass is 9.87. The van der Waals surface area contributed by atoms with E-state index in [1.54, 1.807) is 17.9 Å². The van der Waals surface area contributed by atoms with E-state index in [4.69, 9.17) is 4.52 Å². The molecule has 1 fully saturated rings. The number of hydrogen-bond acceptors (Lipinski definition) is 5. The van der Waals surface area contributed by atoms with Gasteiger partial charge < -0.3 is 9.42 Å². The molecule has 0 aliphatic carbocycles. The first-order valence-electron chi connectivity index (χ1n) is 8.34. The lowest BCUT2D eigenvalue weighted by Crippen LogP contribution is -2.43. The Morgan fingerprint density at radius 3 is 2.88 bits per heavy atom. The molecule has 2 aromatic rings. The van der Waals surface area contributed by atoms with Crippen LogP contribution in [0.4, 0.5) is 0 Å². The molecule has 3 heterocycles. The number of hydrogen-bond donors (Lipinski definition) is 0. The van der Waals surface area contributed by atoms with Crippen molar-refractivity contribution < 1.29 is 9.32 Å². The highest BCUT2D eigenvalue weighted by Gasteiger charge is 2.34. The Labute approximate surface area is 142 Å². The van der Waals surface area contributed by atoms with Crippen molar-refractivity contribution in [3.63, 3.8) is 0 Å². The number of carbonyl (C=O) groups excluding carboxylic acids is 1. The molecule has 1 saturated heterocycles. The Bertz CT molecular complexity index is 707. The summed E-state index contributed by atoms with van der Waals surface area (Å²) < 4.78 is 6.95. The molecule has 0 N–H and O–H groups in total. The zero-order valence-electron chi connectivity index (χ0n) is 14.8. The van der Waals surface area contributed by atoms with E-state index in [1.165, 1.54) is 5.69 Å². The van der Waals surface area contributed by atoms with Crippen molar-refractivity contribution in [2.45, 2.75) is 25.8 Å². The average Bonchev–Trinajstić information content (AvgIpc) is 3.15. The highest BCUT2D eigenvalue weighted by Crippen LogP contribution is 2.35. The Morgan fingerprint density at radius 2 is 2.25 bits per heavy atom. The Morgan fingerprint density at radius 1 is 1.46 bits per heavy atom. The van der Waals surface area contributed by atoms with Crippen molar-refractivity contribution in [1.29, 1.82) is 0 Å². The Balaban J connectivity index is 1.76. The van der Waals surface area contributed by atoms with Crippen LogP contribution in [0, 0.1) is 12.8 Å². The number of rotatable bonds is 4. The molecule has 0 bridgehead atoms. The first-order chi connectivity index (χ1) is 11.5. The number of likely N-dealkylation sites (tertiary alicyclic amines) is 1. The second-order valence-electron chi connectivity index (χ2n) is 6.72. The first-order valence-corrected chi connectivity index (χ1v) is 8.34. The van der Waals surface area contributed by atoms with E-state index < -0.39 is 0 Å². The third-order valence-corrected chi connectivity index (χ3v) is 4.87. The molecule has 2 aromatic heterocycles. The minimum Gasteiger partial charge on any atom is -0.361 e. The van der Waals surface area contributed by atoms with Gasteiger partial charge in [0.1, 0.15) is 5.76 Å². The molecular formula is C17H25N5O2. The molecule has 3 rings (SSSR count). The molecule has 0 aromatic carbocycles. The van der Waals surface area contributed by atoms with Crippen LogP contribution in [-0.4, -0.2) is 57.8 Å². The van der Waals surface area contributed by atoms with Crippen molar-refractivity contribution in [3.05, 3.63) is 35.5 Å². The molecule has 0 unspecified atom stereocenters. The third kappa shape index (κ3) is 3.21. The molecule has 24 heavy (non-hydrogen) atoms. The summed E-state index contributed by atoms with van der Waals surface area (Å²) in [5, 5.41) is 8.15. The van der Waals surface area contributed by atoms with Crippen LogP contribution in [0.5, 0.6) is 0 Å². The van der Waals surface area contributed by atoms with Crippen LogP contribution >= 0.6 is 0 Å². The number of piperidine rings is 1. The Hall–Kier alpha value is -2.15. The summed E-state index contributed by atoms with van der Waals surface area (Å²) in [5.74, 6) is 0.918. The van der Waals surface area contributed by atoms with Crippen molar-refractivity contribution in [1.82, 2.24) is 24.7 Å². The standard InChI is InChI=1S/C17H25N5O2/c1-12-10-14(19-24-12)17(23)21(3)11-13-6-5-9-20(2)16(13)15-7-8-18-22(15)4/h7-8,10,13,16H,5-6,9,11H2,1-4H3/t13-,16+/m0/s1. The van der Waals surface area contributed by atoms with Crippen molar-refractivity contribution in [2.24, 2.45) is 13.0 Å². The van der Waals surface area contributed by atoms with E-state index in [1.807, 2.05) is 25.0 Å². The first kappa shape index (κ1) is 16.7. The molecular weight excluding hydrogens is 306 g/mol. The zero-order valence-corrected chi connectivity index (χ0v) is 14.8. The van der Waals surface area contributed by atoms with Crippen LogP contribution in [0.3, 0.4) is 0 Å². The largest absolute Gasteiger partial charge is 0.361 e. The van der Waals surface area contributed by atoms with Crippen LogP contribution in [0.15, 0.2) is 22.9 Å². The van der Waals surface area contributed by atoms with Crippen molar-refractivity contribution in [3.8, 4) is 0 Å². The summed E-state index contributed by atoms with van der Waals surface area (Å²) >= 11 is 0. The number of carbonyl (C=O) groups is 1. The molecule has 1 amide bonds. The van der Waals surface area contributed by atoms with E-state index in [0.29, 0.717) is 23.9 Å². The summed E-state index contributed by atoms with van der Waals surface area (Å²) in [7, 11) is 5.95. The number of aromatic nitrogens is 3. The van der Waals surface area contributed by atoms with Crippen LogP contribution in [0.1, 0.15) is 40.8 Å². The molecule has 0 spiro atoms. The Kier molecular flexibility index (Phi) is 4.71. The van der Waals surface area contributed by atoms with Gasteiger partial charge in [-0.05, 0) is 45.3 Å². The van der Waals surface area contributed by atoms with Gasteiger partial charge >= 0.3 is 0 Å². The number of amides is 1. The molecule has 0 saturated carbocycles. The van der Waals surface area contributed by atoms with Crippen LogP contribution in [-0.2, 0) is 7.05 Å². The minimum absolute atomic E-state index is 0.0937. The van der Waals surface area contributed by atoms with Gasteiger partial charge in [-0.25, -0.2) is 0 Å². The highest BCUT2D eigenvalue weighted by molar-refractivity contribution is 5.92. The normalized spacial score (nSPS) is 21.8. The molecule has 2 atom stereocenters. The van der Waals surface area contributed by atoms with E-state index in [0.717, 1.165) is 19.4 Å². The monoisotopic (exact) mass is 331 g/mol. The lowest BCUT2D eigenvalue weighted by Gasteiger charge is -2.40. The molecule has 130 valence electrons. The number of aryl methyl sites for hydroxylation is 2. The lowest BCUT2D eigenvalue weighted by molar-refractivity contribution is 0.0622. The van der Waals surface area contributed by atoms with Gasteiger partial charge in [0, 0.05) is 32.9 Å². The quantitative estimate of drug-likeness (QED) is 0.855. The van der Waals surface area contributed by atoms with Gasteiger partial charge in [-0.3, -0.25) is 14.4 Å². The summed E-state index contributed by atoms with van der Waals surface area (Å²) in [4.78, 5) is 16.7. The van der Waals surface area contributed by atoms with Gasteiger partial charge in [0.2, 0.25) is 0 Å². The van der Waals surface area contributed by atoms with Gasteiger partial charge in [0.15, 0.2) is 5.69 Å². The highest BCUT2D eigenvalue weighted by atomic mass is 16.5. The predicted molar refractivity (Wildman–Crippen MR) is 89.5 cm³/mol. The number of nitrogens with zero attached hydrogens (tertiary/aromatic N) is 5. The fourth-order valence-electron chi connectivity index (χ4n) is 3.69. The molecule has 1 aliphatic heterocycles. The van der Waals surface area contributed by atoms with E-state index in [9.17, 15) is 4.79 Å².